The molecule has 7 heteroatoms. The largest absolute Gasteiger partial charge is 0.350 e. The van der Waals surface area contributed by atoms with Crippen molar-refractivity contribution >= 4 is 52.3 Å². The Kier molecular flexibility index (Phi) is 5.52. The lowest BCUT2D eigenvalue weighted by Gasteiger charge is -2.24. The van der Waals surface area contributed by atoms with Crippen LogP contribution in [0.2, 0.25) is 15.1 Å². The number of hydrogen-bond acceptors (Lipinski definition) is 2. The molecule has 1 saturated heterocycles. The predicted octanol–water partition coefficient (Wildman–Crippen LogP) is 4.46. The van der Waals surface area contributed by atoms with Gasteiger partial charge >= 0.3 is 0 Å². The molecule has 25 heavy (non-hydrogen) atoms. The SMILES string of the molecule is O=C(NCc1ccc(Cl)cc1Cl)[C@@H]1CCC(=O)N1c1ccc(Cl)cc1. The average molecular weight is 398 g/mol. The zero-order valence-electron chi connectivity index (χ0n) is 13.1. The fourth-order valence-corrected chi connectivity index (χ4v) is 3.42. The number of benzene rings is 2. The van der Waals surface area contributed by atoms with Gasteiger partial charge in [-0.05, 0) is 48.4 Å². The van der Waals surface area contributed by atoms with Gasteiger partial charge in [0.1, 0.15) is 6.04 Å². The minimum absolute atomic E-state index is 0.0769. The highest BCUT2D eigenvalue weighted by atomic mass is 35.5. The fraction of sp³-hybridized carbons (Fsp3) is 0.222. The summed E-state index contributed by atoms with van der Waals surface area (Å²) in [5.74, 6) is -0.293. The second-order valence-corrected chi connectivity index (χ2v) is 7.03. The van der Waals surface area contributed by atoms with Gasteiger partial charge in [0.15, 0.2) is 0 Å². The second-order valence-electron chi connectivity index (χ2n) is 5.75. The Balaban J connectivity index is 1.72. The van der Waals surface area contributed by atoms with E-state index >= 15 is 0 Å². The highest BCUT2D eigenvalue weighted by Gasteiger charge is 2.36. The molecule has 3 rings (SSSR count). The summed E-state index contributed by atoms with van der Waals surface area (Å²) >= 11 is 17.9. The topological polar surface area (TPSA) is 49.4 Å². The van der Waals surface area contributed by atoms with E-state index < -0.39 is 6.04 Å². The minimum atomic E-state index is -0.542. The summed E-state index contributed by atoms with van der Waals surface area (Å²) in [4.78, 5) is 26.3. The summed E-state index contributed by atoms with van der Waals surface area (Å²) in [6.07, 6.45) is 0.810. The molecular formula is C18H15Cl3N2O2. The van der Waals surface area contributed by atoms with E-state index in [1.807, 2.05) is 0 Å². The molecule has 130 valence electrons. The van der Waals surface area contributed by atoms with E-state index in [-0.39, 0.29) is 18.4 Å². The molecule has 0 aromatic heterocycles. The van der Waals surface area contributed by atoms with Crippen molar-refractivity contribution in [1.29, 1.82) is 0 Å². The first-order chi connectivity index (χ1) is 12.0. The molecule has 1 atom stereocenters. The molecule has 0 spiro atoms. The molecule has 2 aromatic rings. The maximum atomic E-state index is 12.6. The van der Waals surface area contributed by atoms with Crippen LogP contribution in [0.1, 0.15) is 18.4 Å². The van der Waals surface area contributed by atoms with Crippen LogP contribution in [0.25, 0.3) is 0 Å². The first-order valence-electron chi connectivity index (χ1n) is 7.75. The van der Waals surface area contributed by atoms with Gasteiger partial charge in [-0.25, -0.2) is 0 Å². The molecule has 1 heterocycles. The molecule has 0 radical (unpaired) electrons. The lowest BCUT2D eigenvalue weighted by molar-refractivity contribution is -0.124. The lowest BCUT2D eigenvalue weighted by Crippen LogP contribution is -2.44. The van der Waals surface area contributed by atoms with Crippen molar-refractivity contribution < 1.29 is 9.59 Å². The van der Waals surface area contributed by atoms with Crippen LogP contribution in [0.3, 0.4) is 0 Å². The Morgan fingerprint density at radius 1 is 1.08 bits per heavy atom. The Morgan fingerprint density at radius 2 is 1.76 bits per heavy atom. The highest BCUT2D eigenvalue weighted by Crippen LogP contribution is 2.28. The van der Waals surface area contributed by atoms with Crippen LogP contribution >= 0.6 is 34.8 Å². The number of rotatable bonds is 4. The van der Waals surface area contributed by atoms with Gasteiger partial charge in [-0.15, -0.1) is 0 Å². The lowest BCUT2D eigenvalue weighted by atomic mass is 10.1. The first kappa shape index (κ1) is 18.1. The summed E-state index contributed by atoms with van der Waals surface area (Å²) in [5.41, 5.74) is 1.43. The Labute approximate surface area is 160 Å². The van der Waals surface area contributed by atoms with E-state index in [4.69, 9.17) is 34.8 Å². The number of carbonyl (C=O) groups is 2. The fourth-order valence-electron chi connectivity index (χ4n) is 2.82. The zero-order chi connectivity index (χ0) is 18.0. The third-order valence-electron chi connectivity index (χ3n) is 4.09. The molecule has 0 bridgehead atoms. The number of hydrogen-bond donors (Lipinski definition) is 1. The van der Waals surface area contributed by atoms with Crippen molar-refractivity contribution in [2.24, 2.45) is 0 Å². The minimum Gasteiger partial charge on any atom is -0.350 e. The maximum Gasteiger partial charge on any atom is 0.243 e. The van der Waals surface area contributed by atoms with Crippen LogP contribution < -0.4 is 10.2 Å². The third kappa shape index (κ3) is 4.09. The number of carbonyl (C=O) groups excluding carboxylic acids is 2. The molecule has 1 fully saturated rings. The first-order valence-corrected chi connectivity index (χ1v) is 8.88. The van der Waals surface area contributed by atoms with Crippen LogP contribution in [0, 0.1) is 0 Å². The van der Waals surface area contributed by atoms with Gasteiger partial charge in [0.2, 0.25) is 11.8 Å². The quantitative estimate of drug-likeness (QED) is 0.828. The number of nitrogens with one attached hydrogen (secondary N) is 1. The Morgan fingerprint density at radius 3 is 2.44 bits per heavy atom. The van der Waals surface area contributed by atoms with Crippen molar-refractivity contribution in [3.05, 3.63) is 63.1 Å². The molecule has 2 amide bonds. The van der Waals surface area contributed by atoms with E-state index in [1.165, 1.54) is 4.90 Å². The number of halogens is 3. The molecule has 0 unspecified atom stereocenters. The summed E-state index contributed by atoms with van der Waals surface area (Å²) < 4.78 is 0. The standard InChI is InChI=1S/C18H15Cl3N2O2/c19-12-3-5-14(6-4-12)23-16(7-8-17(23)24)18(25)22-10-11-1-2-13(20)9-15(11)21/h1-6,9,16H,7-8,10H2,(H,22,25)/t16-/m0/s1. The van der Waals surface area contributed by atoms with Crippen LogP contribution in [0.15, 0.2) is 42.5 Å². The molecular weight excluding hydrogens is 383 g/mol. The molecule has 1 aliphatic rings. The second kappa shape index (κ2) is 7.65. The van der Waals surface area contributed by atoms with E-state index in [9.17, 15) is 9.59 Å². The van der Waals surface area contributed by atoms with Crippen LogP contribution in [-0.4, -0.2) is 17.9 Å². The van der Waals surface area contributed by atoms with E-state index in [0.717, 1.165) is 5.56 Å². The Bertz CT molecular complexity index is 808. The van der Waals surface area contributed by atoms with Gasteiger partial charge in [-0.3, -0.25) is 14.5 Å². The van der Waals surface area contributed by atoms with Gasteiger partial charge < -0.3 is 5.32 Å². The third-order valence-corrected chi connectivity index (χ3v) is 4.93. The molecule has 2 aromatic carbocycles. The smallest absolute Gasteiger partial charge is 0.243 e. The summed E-state index contributed by atoms with van der Waals surface area (Å²) in [6.45, 7) is 0.272. The van der Waals surface area contributed by atoms with Crippen LogP contribution in [0.4, 0.5) is 5.69 Å². The monoisotopic (exact) mass is 396 g/mol. The molecule has 0 saturated carbocycles. The van der Waals surface area contributed by atoms with Gasteiger partial charge in [0.25, 0.3) is 0 Å². The Hall–Kier alpha value is -1.75. The number of nitrogens with zero attached hydrogens (tertiary/aromatic N) is 1. The van der Waals surface area contributed by atoms with Crippen molar-refractivity contribution in [2.45, 2.75) is 25.4 Å². The summed E-state index contributed by atoms with van der Waals surface area (Å²) in [6, 6.07) is 11.4. The van der Waals surface area contributed by atoms with Crippen LogP contribution in [0.5, 0.6) is 0 Å². The van der Waals surface area contributed by atoms with Crippen molar-refractivity contribution in [2.75, 3.05) is 4.90 Å². The molecule has 1 N–H and O–H groups in total. The number of amides is 2. The molecule has 1 aliphatic heterocycles. The van der Waals surface area contributed by atoms with Crippen molar-refractivity contribution in [3.63, 3.8) is 0 Å². The van der Waals surface area contributed by atoms with Crippen molar-refractivity contribution in [1.82, 2.24) is 5.32 Å². The van der Waals surface area contributed by atoms with Gasteiger partial charge in [-0.2, -0.15) is 0 Å². The molecule has 0 aliphatic carbocycles. The average Bonchev–Trinajstić information content (AvgIpc) is 2.96. The summed E-state index contributed by atoms with van der Waals surface area (Å²) in [5, 5.41) is 4.45. The van der Waals surface area contributed by atoms with Crippen molar-refractivity contribution in [3.8, 4) is 0 Å². The van der Waals surface area contributed by atoms with E-state index in [1.54, 1.807) is 42.5 Å². The van der Waals surface area contributed by atoms with E-state index in [2.05, 4.69) is 5.32 Å². The van der Waals surface area contributed by atoms with E-state index in [0.29, 0.717) is 33.6 Å². The van der Waals surface area contributed by atoms with Gasteiger partial charge in [0, 0.05) is 33.7 Å². The number of anilines is 1. The predicted molar refractivity (Wildman–Crippen MR) is 100 cm³/mol. The molecule has 4 nitrogen and oxygen atoms in total. The van der Waals surface area contributed by atoms with Gasteiger partial charge in [0.05, 0.1) is 0 Å². The maximum absolute atomic E-state index is 12.6. The normalized spacial score (nSPS) is 17.0. The zero-order valence-corrected chi connectivity index (χ0v) is 15.4. The van der Waals surface area contributed by atoms with Gasteiger partial charge in [-0.1, -0.05) is 40.9 Å². The van der Waals surface area contributed by atoms with Crippen LogP contribution in [-0.2, 0) is 16.1 Å². The summed E-state index contributed by atoms with van der Waals surface area (Å²) in [7, 11) is 0. The highest BCUT2D eigenvalue weighted by molar-refractivity contribution is 6.35.